The van der Waals surface area contributed by atoms with E-state index >= 15 is 0 Å². The summed E-state index contributed by atoms with van der Waals surface area (Å²) in [6, 6.07) is 6.18. The summed E-state index contributed by atoms with van der Waals surface area (Å²) in [5.74, 6) is -0.264. The molecule has 10 nitrogen and oxygen atoms in total. The molecule has 3 fully saturated rings. The number of aryl methyl sites for hydroxylation is 1. The van der Waals surface area contributed by atoms with Crippen molar-refractivity contribution in [2.45, 2.75) is 88.7 Å². The Bertz CT molecular complexity index is 1230. The third kappa shape index (κ3) is 4.81. The first kappa shape index (κ1) is 26.0. The fourth-order valence-corrected chi connectivity index (χ4v) is 6.47. The first-order valence-corrected chi connectivity index (χ1v) is 13.4. The van der Waals surface area contributed by atoms with Crippen LogP contribution in [0.2, 0.25) is 0 Å². The number of piperazine rings is 1. The first-order chi connectivity index (χ1) is 18.1. The molecule has 5 rings (SSSR count). The van der Waals surface area contributed by atoms with E-state index in [1.165, 1.54) is 4.90 Å². The van der Waals surface area contributed by atoms with Crippen LogP contribution in [0.3, 0.4) is 0 Å². The molecule has 0 unspecified atom stereocenters. The van der Waals surface area contributed by atoms with Gasteiger partial charge in [-0.25, -0.2) is 9.64 Å². The average Bonchev–Trinajstić information content (AvgIpc) is 3.64. The molecule has 1 aromatic rings. The summed E-state index contributed by atoms with van der Waals surface area (Å²) < 4.78 is 5.42. The Balaban J connectivity index is 1.31. The van der Waals surface area contributed by atoms with Crippen LogP contribution in [0.25, 0.3) is 4.85 Å². The van der Waals surface area contributed by atoms with Crippen molar-refractivity contribution in [1.82, 2.24) is 20.0 Å². The van der Waals surface area contributed by atoms with Crippen molar-refractivity contribution in [2.24, 2.45) is 0 Å². The summed E-state index contributed by atoms with van der Waals surface area (Å²) in [5, 5.41) is 12.2. The van der Waals surface area contributed by atoms with Crippen LogP contribution in [0.15, 0.2) is 18.2 Å². The van der Waals surface area contributed by atoms with Gasteiger partial charge in [-0.3, -0.25) is 14.5 Å². The van der Waals surface area contributed by atoms with Gasteiger partial charge in [0, 0.05) is 25.7 Å². The third-order valence-corrected chi connectivity index (χ3v) is 8.04. The highest BCUT2D eigenvalue weighted by atomic mass is 16.6. The third-order valence-electron chi connectivity index (χ3n) is 8.04. The van der Waals surface area contributed by atoms with E-state index in [4.69, 9.17) is 11.3 Å². The molecule has 0 radical (unpaired) electrons. The van der Waals surface area contributed by atoms with Crippen LogP contribution in [0.4, 0.5) is 10.5 Å². The molecular weight excluding hydrogens is 484 g/mol. The molecule has 38 heavy (non-hydrogen) atoms. The number of benzene rings is 1. The van der Waals surface area contributed by atoms with Crippen LogP contribution in [0.5, 0.6) is 0 Å². The number of nitrogens with one attached hydrogen (secondary N) is 1. The SMILES string of the molecule is [C-]#[N+]c1ccc2c(c1)CC[C@@H]2N1C(=O)[C@H]2C[C@@H]1CN2C[C@H](NC(=O)OC(C)(C)C)C(=O)N1CCC[C@H]1C#N. The number of amides is 3. The number of nitriles is 1. The molecule has 2 bridgehead atoms. The number of fused-ring (bicyclic) bond motifs is 3. The molecule has 1 N–H and O–H groups in total. The van der Waals surface area contributed by atoms with Gasteiger partial charge in [0.05, 0.1) is 24.7 Å². The molecular formula is C28H34N6O4. The number of likely N-dealkylation sites (tertiary alicyclic amines) is 3. The Kier molecular flexibility index (Phi) is 6.79. The van der Waals surface area contributed by atoms with E-state index in [1.807, 2.05) is 28.0 Å². The Morgan fingerprint density at radius 2 is 2.08 bits per heavy atom. The summed E-state index contributed by atoms with van der Waals surface area (Å²) in [4.78, 5) is 48.8. The van der Waals surface area contributed by atoms with Crippen molar-refractivity contribution in [3.05, 3.63) is 40.7 Å². The van der Waals surface area contributed by atoms with Crippen LogP contribution in [0, 0.1) is 17.9 Å². The van der Waals surface area contributed by atoms with Gasteiger partial charge in [-0.2, -0.15) is 5.26 Å². The Hall–Kier alpha value is -3.63. The quantitative estimate of drug-likeness (QED) is 0.600. The van der Waals surface area contributed by atoms with Crippen molar-refractivity contribution >= 4 is 23.6 Å². The number of hydrogen-bond donors (Lipinski definition) is 1. The maximum Gasteiger partial charge on any atom is 0.408 e. The molecule has 3 heterocycles. The number of carbonyl (C=O) groups is 3. The van der Waals surface area contributed by atoms with Crippen LogP contribution >= 0.6 is 0 Å². The molecule has 3 aliphatic heterocycles. The Morgan fingerprint density at radius 1 is 1.29 bits per heavy atom. The highest BCUT2D eigenvalue weighted by Gasteiger charge is 2.53. The normalized spacial score (nSPS) is 27.1. The minimum absolute atomic E-state index is 0.00716. The summed E-state index contributed by atoms with van der Waals surface area (Å²) in [6.07, 6.45) is 3.04. The van der Waals surface area contributed by atoms with Gasteiger partial charge >= 0.3 is 6.09 Å². The predicted octanol–water partition coefficient (Wildman–Crippen LogP) is 2.92. The van der Waals surface area contributed by atoms with Gasteiger partial charge in [0.25, 0.3) is 0 Å². The van der Waals surface area contributed by atoms with E-state index < -0.39 is 23.8 Å². The molecule has 1 aromatic carbocycles. The van der Waals surface area contributed by atoms with Crippen molar-refractivity contribution < 1.29 is 19.1 Å². The van der Waals surface area contributed by atoms with Crippen LogP contribution < -0.4 is 5.32 Å². The summed E-state index contributed by atoms with van der Waals surface area (Å²) in [5.41, 5.74) is 2.16. The lowest BCUT2D eigenvalue weighted by atomic mass is 10.0. The highest BCUT2D eigenvalue weighted by molar-refractivity contribution is 5.88. The summed E-state index contributed by atoms with van der Waals surface area (Å²) in [7, 11) is 0. The zero-order valence-electron chi connectivity index (χ0n) is 22.1. The molecule has 3 saturated heterocycles. The lowest BCUT2D eigenvalue weighted by molar-refractivity contribution is -0.141. The second-order valence-electron chi connectivity index (χ2n) is 11.7. The van der Waals surface area contributed by atoms with Gasteiger partial charge in [0.1, 0.15) is 17.7 Å². The molecule has 4 aliphatic rings. The predicted molar refractivity (Wildman–Crippen MR) is 138 cm³/mol. The van der Waals surface area contributed by atoms with Crippen LogP contribution in [0.1, 0.15) is 63.6 Å². The van der Waals surface area contributed by atoms with Crippen LogP contribution in [-0.2, 0) is 20.7 Å². The highest BCUT2D eigenvalue weighted by Crippen LogP contribution is 2.44. The fraction of sp³-hybridized carbons (Fsp3) is 0.607. The maximum absolute atomic E-state index is 13.6. The zero-order valence-corrected chi connectivity index (χ0v) is 22.1. The topological polar surface area (TPSA) is 110 Å². The lowest BCUT2D eigenvalue weighted by Gasteiger charge is -2.39. The van der Waals surface area contributed by atoms with E-state index in [-0.39, 0.29) is 36.5 Å². The lowest BCUT2D eigenvalue weighted by Crippen LogP contribution is -2.59. The van der Waals surface area contributed by atoms with E-state index in [0.29, 0.717) is 31.6 Å². The second kappa shape index (κ2) is 9.92. The standard InChI is InChI=1S/C28H34N6O4/c1-28(2,3)38-27(37)31-22(25(35)33-11-5-6-19(33)14-29)16-32-15-20-13-24(32)26(36)34(20)23-10-7-17-12-18(30-4)8-9-21(17)23/h8-9,12,19-20,22-24H,5-7,10-11,13,15-16H2,1-3H3,(H,31,37)/t19-,20+,22-,23-,24+/m0/s1. The minimum Gasteiger partial charge on any atom is -0.444 e. The van der Waals surface area contributed by atoms with E-state index in [0.717, 1.165) is 30.4 Å². The van der Waals surface area contributed by atoms with Gasteiger partial charge in [-0.1, -0.05) is 23.8 Å². The molecule has 5 atom stereocenters. The number of hydrogen-bond acceptors (Lipinski definition) is 6. The van der Waals surface area contributed by atoms with Crippen molar-refractivity contribution in [2.75, 3.05) is 19.6 Å². The first-order valence-electron chi connectivity index (χ1n) is 13.4. The van der Waals surface area contributed by atoms with E-state index in [2.05, 4.69) is 16.2 Å². The number of nitrogens with zero attached hydrogens (tertiary/aromatic N) is 5. The molecule has 0 spiro atoms. The monoisotopic (exact) mass is 518 g/mol. The van der Waals surface area contributed by atoms with Gasteiger partial charge in [-0.15, -0.1) is 0 Å². The zero-order chi connectivity index (χ0) is 27.2. The molecule has 0 aromatic heterocycles. The molecule has 3 amide bonds. The summed E-state index contributed by atoms with van der Waals surface area (Å²) >= 11 is 0. The van der Waals surface area contributed by atoms with E-state index in [1.54, 1.807) is 20.8 Å². The van der Waals surface area contributed by atoms with Gasteiger partial charge in [0.2, 0.25) is 11.8 Å². The maximum atomic E-state index is 13.6. The van der Waals surface area contributed by atoms with Gasteiger partial charge in [0.15, 0.2) is 5.69 Å². The summed E-state index contributed by atoms with van der Waals surface area (Å²) in [6.45, 7) is 13.8. The second-order valence-corrected chi connectivity index (χ2v) is 11.7. The van der Waals surface area contributed by atoms with Crippen molar-refractivity contribution in [1.29, 1.82) is 5.26 Å². The Labute approximate surface area is 223 Å². The number of rotatable bonds is 5. The fourth-order valence-electron chi connectivity index (χ4n) is 6.47. The minimum atomic E-state index is -0.918. The molecule has 0 saturated carbocycles. The van der Waals surface area contributed by atoms with Crippen LogP contribution in [-0.4, -0.2) is 82.0 Å². The number of ether oxygens (including phenoxy) is 1. The van der Waals surface area contributed by atoms with E-state index in [9.17, 15) is 19.6 Å². The number of alkyl carbamates (subject to hydrolysis) is 1. The smallest absolute Gasteiger partial charge is 0.408 e. The molecule has 200 valence electrons. The molecule has 1 aliphatic carbocycles. The average molecular weight is 519 g/mol. The van der Waals surface area contributed by atoms with Gasteiger partial charge < -0.3 is 19.9 Å². The van der Waals surface area contributed by atoms with Crippen molar-refractivity contribution in [3.63, 3.8) is 0 Å². The van der Waals surface area contributed by atoms with Crippen molar-refractivity contribution in [3.8, 4) is 6.07 Å². The Morgan fingerprint density at radius 3 is 2.76 bits per heavy atom. The van der Waals surface area contributed by atoms with Gasteiger partial charge in [-0.05, 0) is 58.4 Å². The number of carbonyl (C=O) groups excluding carboxylic acids is 3. The largest absolute Gasteiger partial charge is 0.444 e. The molecule has 10 heteroatoms.